The van der Waals surface area contributed by atoms with Gasteiger partial charge in [-0.25, -0.2) is 9.18 Å². The van der Waals surface area contributed by atoms with Gasteiger partial charge in [0.1, 0.15) is 17.1 Å². The highest BCUT2D eigenvalue weighted by molar-refractivity contribution is 5.94. The summed E-state index contributed by atoms with van der Waals surface area (Å²) in [6.45, 7) is 1.45. The van der Waals surface area contributed by atoms with E-state index >= 15 is 0 Å². The molecular formula is C13H9F2NO4. The summed E-state index contributed by atoms with van der Waals surface area (Å²) in [5.74, 6) is -2.33. The molecule has 1 aromatic carbocycles. The van der Waals surface area contributed by atoms with Gasteiger partial charge < -0.3 is 14.4 Å². The summed E-state index contributed by atoms with van der Waals surface area (Å²) in [5.41, 5.74) is -1.48. The Hall–Kier alpha value is -2.44. The van der Waals surface area contributed by atoms with E-state index in [2.05, 4.69) is 0 Å². The third kappa shape index (κ3) is 1.52. The number of rotatable bonds is 1. The molecule has 20 heavy (non-hydrogen) atoms. The summed E-state index contributed by atoms with van der Waals surface area (Å²) in [6.07, 6.45) is -0.685. The fraction of sp³-hybridized carbons (Fsp3) is 0.231. The zero-order valence-corrected chi connectivity index (χ0v) is 10.3. The standard InChI is InChI=1S/C13H9F2NO4/c1-5-12(15)20-8-3-2-7(14)9-10(8)16(5)4-6(11(9)17)13(18)19/h2-5,12H,1H3,(H,18,19). The van der Waals surface area contributed by atoms with Crippen molar-refractivity contribution in [1.29, 1.82) is 0 Å². The Balaban J connectivity index is 2.54. The van der Waals surface area contributed by atoms with Gasteiger partial charge in [-0.15, -0.1) is 0 Å². The summed E-state index contributed by atoms with van der Waals surface area (Å²) >= 11 is 0. The van der Waals surface area contributed by atoms with Crippen molar-refractivity contribution in [1.82, 2.24) is 4.57 Å². The molecule has 0 saturated carbocycles. The first-order valence-electron chi connectivity index (χ1n) is 5.83. The molecule has 5 nitrogen and oxygen atoms in total. The van der Waals surface area contributed by atoms with Gasteiger partial charge in [-0.3, -0.25) is 4.79 Å². The van der Waals surface area contributed by atoms with Crippen molar-refractivity contribution in [3.8, 4) is 5.75 Å². The van der Waals surface area contributed by atoms with E-state index in [1.54, 1.807) is 0 Å². The zero-order chi connectivity index (χ0) is 14.6. The van der Waals surface area contributed by atoms with Gasteiger partial charge >= 0.3 is 5.97 Å². The number of carboxylic acids is 1. The Morgan fingerprint density at radius 1 is 1.45 bits per heavy atom. The molecule has 2 atom stereocenters. The summed E-state index contributed by atoms with van der Waals surface area (Å²) in [4.78, 5) is 23.1. The quantitative estimate of drug-likeness (QED) is 0.869. The van der Waals surface area contributed by atoms with Crippen molar-refractivity contribution in [2.75, 3.05) is 0 Å². The average Bonchev–Trinajstić information content (AvgIpc) is 2.39. The molecule has 1 aliphatic heterocycles. The molecule has 0 radical (unpaired) electrons. The number of ether oxygens (including phenoxy) is 1. The molecule has 1 aromatic heterocycles. The maximum absolute atomic E-state index is 13.9. The molecule has 1 aliphatic rings. The molecule has 0 amide bonds. The maximum atomic E-state index is 13.9. The third-order valence-corrected chi connectivity index (χ3v) is 3.38. The topological polar surface area (TPSA) is 68.5 Å². The molecule has 3 rings (SSSR count). The molecule has 2 aromatic rings. The molecule has 0 bridgehead atoms. The lowest BCUT2D eigenvalue weighted by atomic mass is 10.1. The van der Waals surface area contributed by atoms with E-state index in [-0.39, 0.29) is 11.3 Å². The van der Waals surface area contributed by atoms with E-state index in [0.717, 1.165) is 12.3 Å². The first-order chi connectivity index (χ1) is 9.41. The van der Waals surface area contributed by atoms with Crippen molar-refractivity contribution in [3.05, 3.63) is 39.9 Å². The number of nitrogens with zero attached hydrogens (tertiary/aromatic N) is 1. The van der Waals surface area contributed by atoms with Crippen LogP contribution < -0.4 is 10.2 Å². The number of halogens is 2. The van der Waals surface area contributed by atoms with Gasteiger partial charge in [-0.05, 0) is 19.1 Å². The van der Waals surface area contributed by atoms with Crippen LogP contribution in [0, 0.1) is 5.82 Å². The van der Waals surface area contributed by atoms with Crippen LogP contribution in [0.4, 0.5) is 8.78 Å². The van der Waals surface area contributed by atoms with E-state index in [1.807, 2.05) is 0 Å². The zero-order valence-electron chi connectivity index (χ0n) is 10.3. The van der Waals surface area contributed by atoms with Gasteiger partial charge in [-0.1, -0.05) is 0 Å². The maximum Gasteiger partial charge on any atom is 0.341 e. The lowest BCUT2D eigenvalue weighted by molar-refractivity contribution is 0.0165. The largest absolute Gasteiger partial charge is 0.477 e. The Bertz CT molecular complexity index is 799. The van der Waals surface area contributed by atoms with Crippen molar-refractivity contribution in [2.24, 2.45) is 0 Å². The van der Waals surface area contributed by atoms with Gasteiger partial charge in [0.05, 0.1) is 16.9 Å². The molecule has 0 fully saturated rings. The van der Waals surface area contributed by atoms with Crippen molar-refractivity contribution in [3.63, 3.8) is 0 Å². The average molecular weight is 281 g/mol. The second-order valence-corrected chi connectivity index (χ2v) is 4.56. The minimum atomic E-state index is -1.71. The highest BCUT2D eigenvalue weighted by Gasteiger charge is 2.31. The number of pyridine rings is 1. The smallest absolute Gasteiger partial charge is 0.341 e. The van der Waals surface area contributed by atoms with Gasteiger partial charge in [0.15, 0.2) is 0 Å². The fourth-order valence-corrected chi connectivity index (χ4v) is 2.33. The molecule has 0 saturated heterocycles. The molecule has 7 heteroatoms. The lowest BCUT2D eigenvalue weighted by Gasteiger charge is -2.29. The first kappa shape index (κ1) is 12.6. The van der Waals surface area contributed by atoms with Crippen LogP contribution in [0.25, 0.3) is 10.9 Å². The third-order valence-electron chi connectivity index (χ3n) is 3.38. The van der Waals surface area contributed by atoms with E-state index in [0.29, 0.717) is 0 Å². The van der Waals surface area contributed by atoms with Crippen LogP contribution in [-0.4, -0.2) is 22.0 Å². The molecule has 1 N–H and O–H groups in total. The van der Waals surface area contributed by atoms with Crippen LogP contribution in [0.2, 0.25) is 0 Å². The minimum Gasteiger partial charge on any atom is -0.477 e. The van der Waals surface area contributed by atoms with E-state index in [4.69, 9.17) is 9.84 Å². The highest BCUT2D eigenvalue weighted by Crippen LogP contribution is 2.35. The van der Waals surface area contributed by atoms with Crippen LogP contribution in [0.5, 0.6) is 5.75 Å². The van der Waals surface area contributed by atoms with Gasteiger partial charge in [0, 0.05) is 6.20 Å². The van der Waals surface area contributed by atoms with Crippen LogP contribution in [0.3, 0.4) is 0 Å². The van der Waals surface area contributed by atoms with Crippen molar-refractivity contribution >= 4 is 16.9 Å². The van der Waals surface area contributed by atoms with E-state index < -0.39 is 40.6 Å². The monoisotopic (exact) mass is 281 g/mol. The summed E-state index contributed by atoms with van der Waals surface area (Å²) in [5, 5.41) is 8.61. The SMILES string of the molecule is CC1C(F)Oc2ccc(F)c3c(=O)c(C(=O)O)cn1c23. The Kier molecular flexibility index (Phi) is 2.53. The molecule has 104 valence electrons. The second-order valence-electron chi connectivity index (χ2n) is 4.56. The molecule has 2 heterocycles. The van der Waals surface area contributed by atoms with E-state index in [1.165, 1.54) is 17.6 Å². The van der Waals surface area contributed by atoms with Gasteiger partial charge in [0.25, 0.3) is 6.36 Å². The van der Waals surface area contributed by atoms with Gasteiger partial charge in [-0.2, -0.15) is 4.39 Å². The lowest BCUT2D eigenvalue weighted by Crippen LogP contribution is -2.31. The number of alkyl halides is 1. The highest BCUT2D eigenvalue weighted by atomic mass is 19.1. The fourth-order valence-electron chi connectivity index (χ4n) is 2.33. The Morgan fingerprint density at radius 2 is 2.15 bits per heavy atom. The van der Waals surface area contributed by atoms with Crippen LogP contribution in [0.1, 0.15) is 23.3 Å². The summed E-state index contributed by atoms with van der Waals surface area (Å²) in [6, 6.07) is 1.30. The number of hydrogen-bond donors (Lipinski definition) is 1. The van der Waals surface area contributed by atoms with Crippen molar-refractivity contribution in [2.45, 2.75) is 19.3 Å². The predicted octanol–water partition coefficient (Wildman–Crippen LogP) is 2.09. The summed E-state index contributed by atoms with van der Waals surface area (Å²) < 4.78 is 33.8. The first-order valence-corrected chi connectivity index (χ1v) is 5.83. The van der Waals surface area contributed by atoms with Crippen LogP contribution in [-0.2, 0) is 0 Å². The van der Waals surface area contributed by atoms with Crippen LogP contribution in [0.15, 0.2) is 23.1 Å². The summed E-state index contributed by atoms with van der Waals surface area (Å²) in [7, 11) is 0. The second kappa shape index (κ2) is 4.03. The molecule has 2 unspecified atom stereocenters. The van der Waals surface area contributed by atoms with Crippen LogP contribution >= 0.6 is 0 Å². The number of aromatic nitrogens is 1. The van der Waals surface area contributed by atoms with E-state index in [9.17, 15) is 18.4 Å². The predicted molar refractivity (Wildman–Crippen MR) is 65.4 cm³/mol. The number of aromatic carboxylic acids is 1. The number of carbonyl (C=O) groups is 1. The van der Waals surface area contributed by atoms with Gasteiger partial charge in [0.2, 0.25) is 5.43 Å². The number of carboxylic acid groups (broad SMARTS) is 1. The number of hydrogen-bond acceptors (Lipinski definition) is 3. The minimum absolute atomic E-state index is 0.0149. The molecule has 0 aliphatic carbocycles. The number of benzene rings is 1. The Labute approximate surface area is 111 Å². The van der Waals surface area contributed by atoms with Crippen molar-refractivity contribution < 1.29 is 23.4 Å². The molecular weight excluding hydrogens is 272 g/mol. The molecule has 0 spiro atoms. The Morgan fingerprint density at radius 3 is 2.80 bits per heavy atom. The normalized spacial score (nSPS) is 20.8.